The molecular formula is C19H27NO4. The summed E-state index contributed by atoms with van der Waals surface area (Å²) in [5, 5.41) is 0. The van der Waals surface area contributed by atoms with Crippen LogP contribution in [0.15, 0.2) is 30.3 Å². The van der Waals surface area contributed by atoms with Crippen molar-refractivity contribution in [3.05, 3.63) is 35.9 Å². The Bertz CT molecular complexity index is 564. The average molecular weight is 333 g/mol. The van der Waals surface area contributed by atoms with Crippen molar-refractivity contribution < 1.29 is 19.1 Å². The molecule has 0 spiro atoms. The third kappa shape index (κ3) is 4.98. The van der Waals surface area contributed by atoms with Gasteiger partial charge in [-0.05, 0) is 46.1 Å². The molecule has 24 heavy (non-hydrogen) atoms. The average Bonchev–Trinajstić information content (AvgIpc) is 2.52. The highest BCUT2D eigenvalue weighted by Crippen LogP contribution is 2.27. The normalized spacial score (nSPS) is 21.2. The van der Waals surface area contributed by atoms with Gasteiger partial charge in [0.05, 0.1) is 5.92 Å². The van der Waals surface area contributed by atoms with Gasteiger partial charge >= 0.3 is 12.1 Å². The minimum absolute atomic E-state index is 0.225. The lowest BCUT2D eigenvalue weighted by atomic mass is 9.90. The van der Waals surface area contributed by atoms with Crippen LogP contribution in [0.4, 0.5) is 4.79 Å². The summed E-state index contributed by atoms with van der Waals surface area (Å²) in [5.74, 6) is -0.544. The van der Waals surface area contributed by atoms with Gasteiger partial charge in [0.2, 0.25) is 0 Å². The third-order valence-electron chi connectivity index (χ3n) is 4.14. The monoisotopic (exact) mass is 333 g/mol. The lowest BCUT2D eigenvalue weighted by Crippen LogP contribution is -2.50. The number of nitrogens with zero attached hydrogens (tertiary/aromatic N) is 1. The van der Waals surface area contributed by atoms with Crippen LogP contribution < -0.4 is 0 Å². The second kappa shape index (κ2) is 7.69. The van der Waals surface area contributed by atoms with Gasteiger partial charge in [-0.2, -0.15) is 0 Å². The van der Waals surface area contributed by atoms with E-state index >= 15 is 0 Å². The van der Waals surface area contributed by atoms with Gasteiger partial charge < -0.3 is 14.4 Å². The molecule has 1 heterocycles. The van der Waals surface area contributed by atoms with E-state index in [0.717, 1.165) is 18.4 Å². The van der Waals surface area contributed by atoms with Crippen LogP contribution >= 0.6 is 0 Å². The van der Waals surface area contributed by atoms with E-state index in [-0.39, 0.29) is 30.6 Å². The Morgan fingerprint density at radius 2 is 1.88 bits per heavy atom. The molecule has 0 saturated carbocycles. The number of esters is 1. The van der Waals surface area contributed by atoms with Crippen LogP contribution in [-0.2, 0) is 20.9 Å². The maximum Gasteiger partial charge on any atom is 0.410 e. The first-order valence-electron chi connectivity index (χ1n) is 8.48. The van der Waals surface area contributed by atoms with E-state index in [4.69, 9.17) is 9.47 Å². The van der Waals surface area contributed by atoms with E-state index < -0.39 is 5.60 Å². The molecule has 5 nitrogen and oxygen atoms in total. The van der Waals surface area contributed by atoms with Crippen molar-refractivity contribution >= 4 is 12.1 Å². The van der Waals surface area contributed by atoms with Crippen LogP contribution in [0, 0.1) is 5.92 Å². The molecule has 1 aromatic carbocycles. The number of hydrogen-bond acceptors (Lipinski definition) is 4. The van der Waals surface area contributed by atoms with Gasteiger partial charge in [-0.25, -0.2) is 4.79 Å². The maximum absolute atomic E-state index is 12.4. The number of hydrogen-bond donors (Lipinski definition) is 0. The molecule has 2 rings (SSSR count). The molecule has 132 valence electrons. The molecule has 2 unspecified atom stereocenters. The summed E-state index contributed by atoms with van der Waals surface area (Å²) in [5.41, 5.74) is 0.423. The summed E-state index contributed by atoms with van der Waals surface area (Å²) in [6.07, 6.45) is 1.13. The smallest absolute Gasteiger partial charge is 0.410 e. The molecule has 0 aliphatic carbocycles. The molecule has 0 bridgehead atoms. The zero-order valence-corrected chi connectivity index (χ0v) is 15.0. The van der Waals surface area contributed by atoms with Crippen molar-refractivity contribution in [2.45, 2.75) is 58.8 Å². The first-order chi connectivity index (χ1) is 11.3. The summed E-state index contributed by atoms with van der Waals surface area (Å²) in [7, 11) is 0. The Hall–Kier alpha value is -2.04. The summed E-state index contributed by atoms with van der Waals surface area (Å²) < 4.78 is 10.9. The first-order valence-corrected chi connectivity index (χ1v) is 8.48. The Morgan fingerprint density at radius 3 is 2.50 bits per heavy atom. The van der Waals surface area contributed by atoms with Crippen molar-refractivity contribution in [2.75, 3.05) is 6.54 Å². The number of carbonyl (C=O) groups excluding carboxylic acids is 2. The second-order valence-corrected chi connectivity index (χ2v) is 7.26. The standard InChI is InChI=1S/C19H27NO4/c1-14-16(17(21)24-19(2,3)4)11-8-12-20(14)18(22)23-13-15-9-6-5-7-10-15/h5-7,9-10,14,16H,8,11-13H2,1-4H3. The van der Waals surface area contributed by atoms with Gasteiger partial charge in [0.1, 0.15) is 12.2 Å². The van der Waals surface area contributed by atoms with Crippen LogP contribution in [0.3, 0.4) is 0 Å². The predicted octanol–water partition coefficient (Wildman–Crippen LogP) is 3.77. The quantitative estimate of drug-likeness (QED) is 0.790. The Labute approximate surface area is 143 Å². The van der Waals surface area contributed by atoms with Crippen LogP contribution in [-0.4, -0.2) is 35.2 Å². The molecule has 0 radical (unpaired) electrons. The molecule has 0 aromatic heterocycles. The van der Waals surface area contributed by atoms with Gasteiger partial charge in [0, 0.05) is 12.6 Å². The van der Waals surface area contributed by atoms with E-state index in [1.54, 1.807) is 4.90 Å². The minimum Gasteiger partial charge on any atom is -0.460 e. The Morgan fingerprint density at radius 1 is 1.21 bits per heavy atom. The number of rotatable bonds is 3. The fraction of sp³-hybridized carbons (Fsp3) is 0.579. The Kier molecular flexibility index (Phi) is 5.86. The summed E-state index contributed by atoms with van der Waals surface area (Å²) in [6, 6.07) is 9.34. The molecule has 1 amide bonds. The van der Waals surface area contributed by atoms with Crippen LogP contribution in [0.5, 0.6) is 0 Å². The highest BCUT2D eigenvalue weighted by Gasteiger charge is 2.38. The summed E-state index contributed by atoms with van der Waals surface area (Å²) in [6.45, 7) is 8.28. The van der Waals surface area contributed by atoms with E-state index in [9.17, 15) is 9.59 Å². The van der Waals surface area contributed by atoms with Gasteiger partial charge in [-0.1, -0.05) is 30.3 Å². The van der Waals surface area contributed by atoms with Crippen LogP contribution in [0.2, 0.25) is 0 Å². The molecule has 0 N–H and O–H groups in total. The summed E-state index contributed by atoms with van der Waals surface area (Å²) >= 11 is 0. The summed E-state index contributed by atoms with van der Waals surface area (Å²) in [4.78, 5) is 26.4. The lowest BCUT2D eigenvalue weighted by molar-refractivity contribution is -0.163. The third-order valence-corrected chi connectivity index (χ3v) is 4.14. The highest BCUT2D eigenvalue weighted by molar-refractivity contribution is 5.76. The number of likely N-dealkylation sites (tertiary alicyclic amines) is 1. The largest absolute Gasteiger partial charge is 0.460 e. The fourth-order valence-corrected chi connectivity index (χ4v) is 2.90. The zero-order valence-electron chi connectivity index (χ0n) is 15.0. The fourth-order valence-electron chi connectivity index (χ4n) is 2.90. The van der Waals surface area contributed by atoms with Crippen molar-refractivity contribution in [1.82, 2.24) is 4.90 Å². The minimum atomic E-state index is -0.521. The van der Waals surface area contributed by atoms with Crippen molar-refractivity contribution in [1.29, 1.82) is 0 Å². The molecule has 1 aliphatic rings. The SMILES string of the molecule is CC1C(C(=O)OC(C)(C)C)CCCN1C(=O)OCc1ccccc1. The van der Waals surface area contributed by atoms with E-state index in [1.807, 2.05) is 58.0 Å². The van der Waals surface area contributed by atoms with Gasteiger partial charge in [-0.15, -0.1) is 0 Å². The number of piperidine rings is 1. The number of ether oxygens (including phenoxy) is 2. The van der Waals surface area contributed by atoms with E-state index in [0.29, 0.717) is 6.54 Å². The van der Waals surface area contributed by atoms with Gasteiger partial charge in [-0.3, -0.25) is 4.79 Å². The molecule has 1 aromatic rings. The number of benzene rings is 1. The molecule has 1 fully saturated rings. The zero-order chi connectivity index (χ0) is 17.7. The van der Waals surface area contributed by atoms with E-state index in [1.165, 1.54) is 0 Å². The van der Waals surface area contributed by atoms with Crippen LogP contribution in [0.1, 0.15) is 46.1 Å². The molecular weight excluding hydrogens is 306 g/mol. The molecule has 1 aliphatic heterocycles. The molecule has 5 heteroatoms. The predicted molar refractivity (Wildman–Crippen MR) is 91.4 cm³/mol. The topological polar surface area (TPSA) is 55.8 Å². The molecule has 2 atom stereocenters. The first kappa shape index (κ1) is 18.3. The highest BCUT2D eigenvalue weighted by atomic mass is 16.6. The van der Waals surface area contributed by atoms with Gasteiger partial charge in [0.15, 0.2) is 0 Å². The number of amides is 1. The lowest BCUT2D eigenvalue weighted by Gasteiger charge is -2.38. The van der Waals surface area contributed by atoms with Gasteiger partial charge in [0.25, 0.3) is 0 Å². The van der Waals surface area contributed by atoms with Crippen molar-refractivity contribution in [3.8, 4) is 0 Å². The van der Waals surface area contributed by atoms with Crippen LogP contribution in [0.25, 0.3) is 0 Å². The van der Waals surface area contributed by atoms with E-state index in [2.05, 4.69) is 0 Å². The number of carbonyl (C=O) groups is 2. The second-order valence-electron chi connectivity index (χ2n) is 7.26. The molecule has 1 saturated heterocycles. The Balaban J connectivity index is 1.94. The van der Waals surface area contributed by atoms with Crippen molar-refractivity contribution in [2.24, 2.45) is 5.92 Å². The maximum atomic E-state index is 12.4. The van der Waals surface area contributed by atoms with Crippen molar-refractivity contribution in [3.63, 3.8) is 0 Å².